The Morgan fingerprint density at radius 2 is 2.00 bits per heavy atom. The predicted molar refractivity (Wildman–Crippen MR) is 80.6 cm³/mol. The minimum absolute atomic E-state index is 0.110. The Morgan fingerprint density at radius 1 is 1.30 bits per heavy atom. The van der Waals surface area contributed by atoms with E-state index in [1.807, 2.05) is 0 Å². The number of anilines is 1. The third-order valence-corrected chi connectivity index (χ3v) is 3.79. The highest BCUT2D eigenvalue weighted by molar-refractivity contribution is 7.90. The number of carbonyl (C=O) groups is 1. The third kappa shape index (κ3) is 6.16. The van der Waals surface area contributed by atoms with E-state index in [-0.39, 0.29) is 10.8 Å². The maximum absolute atomic E-state index is 11.7. The molecule has 0 aliphatic rings. The molecule has 0 heterocycles. The summed E-state index contributed by atoms with van der Waals surface area (Å²) in [7, 11) is -3.25. The maximum Gasteiger partial charge on any atom is 0.224 e. The number of amides is 1. The number of rotatable bonds is 7. The summed E-state index contributed by atoms with van der Waals surface area (Å²) in [5.74, 6) is -0.110. The summed E-state index contributed by atoms with van der Waals surface area (Å²) in [6, 6.07) is 6.69. The van der Waals surface area contributed by atoms with E-state index < -0.39 is 9.84 Å². The highest BCUT2D eigenvalue weighted by atomic mass is 32.2. The van der Waals surface area contributed by atoms with E-state index in [0.29, 0.717) is 18.2 Å². The zero-order valence-electron chi connectivity index (χ0n) is 12.1. The largest absolute Gasteiger partial charge is 0.326 e. The second-order valence-electron chi connectivity index (χ2n) is 5.06. The first-order valence-electron chi connectivity index (χ1n) is 6.62. The second kappa shape index (κ2) is 7.40. The van der Waals surface area contributed by atoms with Crippen LogP contribution >= 0.6 is 0 Å². The Balaban J connectivity index is 2.50. The van der Waals surface area contributed by atoms with Gasteiger partial charge in [0, 0.05) is 24.4 Å². The van der Waals surface area contributed by atoms with E-state index in [0.717, 1.165) is 19.2 Å². The summed E-state index contributed by atoms with van der Waals surface area (Å²) in [4.78, 5) is 11.9. The molecule has 0 radical (unpaired) electrons. The van der Waals surface area contributed by atoms with Crippen molar-refractivity contribution in [1.82, 2.24) is 5.32 Å². The molecular weight excluding hydrogens is 276 g/mol. The molecule has 1 rings (SSSR count). The van der Waals surface area contributed by atoms with Crippen LogP contribution in [0.25, 0.3) is 0 Å². The van der Waals surface area contributed by atoms with Crippen LogP contribution in [0.3, 0.4) is 0 Å². The fourth-order valence-electron chi connectivity index (χ4n) is 1.67. The topological polar surface area (TPSA) is 75.3 Å². The maximum atomic E-state index is 11.7. The molecule has 20 heavy (non-hydrogen) atoms. The zero-order valence-corrected chi connectivity index (χ0v) is 13.0. The van der Waals surface area contributed by atoms with Gasteiger partial charge in [0.2, 0.25) is 5.91 Å². The van der Waals surface area contributed by atoms with Crippen molar-refractivity contribution in [2.45, 2.75) is 37.6 Å². The monoisotopic (exact) mass is 298 g/mol. The van der Waals surface area contributed by atoms with Gasteiger partial charge in [-0.05, 0) is 31.2 Å². The van der Waals surface area contributed by atoms with Gasteiger partial charge in [0.15, 0.2) is 9.84 Å². The Morgan fingerprint density at radius 3 is 2.60 bits per heavy atom. The molecule has 0 aliphatic carbocycles. The van der Waals surface area contributed by atoms with Gasteiger partial charge >= 0.3 is 0 Å². The molecule has 1 aromatic rings. The van der Waals surface area contributed by atoms with Crippen LogP contribution in [-0.2, 0) is 14.6 Å². The molecule has 0 spiro atoms. The smallest absolute Gasteiger partial charge is 0.224 e. The molecule has 0 saturated heterocycles. The Labute approximate surface area is 120 Å². The summed E-state index contributed by atoms with van der Waals surface area (Å²) in [5, 5.41) is 5.95. The lowest BCUT2D eigenvalue weighted by molar-refractivity contribution is -0.116. The summed E-state index contributed by atoms with van der Waals surface area (Å²) in [6.07, 6.45) is 2.30. The van der Waals surface area contributed by atoms with Gasteiger partial charge < -0.3 is 10.6 Å². The summed E-state index contributed by atoms with van der Waals surface area (Å²) < 4.78 is 22.8. The fourth-order valence-corrected chi connectivity index (χ4v) is 2.33. The molecule has 0 atom stereocenters. The number of carbonyl (C=O) groups excluding carboxylic acids is 1. The van der Waals surface area contributed by atoms with E-state index in [2.05, 4.69) is 24.5 Å². The number of benzene rings is 1. The van der Waals surface area contributed by atoms with E-state index >= 15 is 0 Å². The fraction of sp³-hybridized carbons (Fsp3) is 0.500. The van der Waals surface area contributed by atoms with Crippen molar-refractivity contribution in [2.75, 3.05) is 18.1 Å². The van der Waals surface area contributed by atoms with Crippen LogP contribution in [0.4, 0.5) is 5.69 Å². The van der Waals surface area contributed by atoms with Gasteiger partial charge in [0.05, 0.1) is 4.90 Å². The Kier molecular flexibility index (Phi) is 6.16. The van der Waals surface area contributed by atoms with E-state index in [9.17, 15) is 13.2 Å². The van der Waals surface area contributed by atoms with Gasteiger partial charge in [-0.2, -0.15) is 0 Å². The lowest BCUT2D eigenvalue weighted by Crippen LogP contribution is -2.24. The molecule has 0 aromatic heterocycles. The minimum Gasteiger partial charge on any atom is -0.326 e. The predicted octanol–water partition coefficient (Wildman–Crippen LogP) is 1.81. The van der Waals surface area contributed by atoms with Crippen molar-refractivity contribution in [1.29, 1.82) is 0 Å². The number of sulfone groups is 1. The lowest BCUT2D eigenvalue weighted by Gasteiger charge is -2.09. The lowest BCUT2D eigenvalue weighted by atomic mass is 10.2. The molecule has 0 aliphatic heterocycles. The molecule has 0 unspecified atom stereocenters. The summed E-state index contributed by atoms with van der Waals surface area (Å²) >= 11 is 0. The van der Waals surface area contributed by atoms with E-state index in [4.69, 9.17) is 0 Å². The standard InChI is InChI=1S/C14H22N2O3S/c1-11(2)15-9-5-8-14(17)16-12-6-4-7-13(10-12)20(3,18)19/h4,6-7,10-11,15H,5,8-9H2,1-3H3,(H,16,17). The molecule has 112 valence electrons. The van der Waals surface area contributed by atoms with Crippen LogP contribution < -0.4 is 10.6 Å². The van der Waals surface area contributed by atoms with E-state index in [1.54, 1.807) is 12.1 Å². The van der Waals surface area contributed by atoms with Crippen LogP contribution in [0.5, 0.6) is 0 Å². The highest BCUT2D eigenvalue weighted by Gasteiger charge is 2.08. The number of hydrogen-bond donors (Lipinski definition) is 2. The first kappa shape index (κ1) is 16.7. The van der Waals surface area contributed by atoms with Gasteiger partial charge in [-0.1, -0.05) is 19.9 Å². The summed E-state index contributed by atoms with van der Waals surface area (Å²) in [5.41, 5.74) is 0.509. The van der Waals surface area contributed by atoms with Gasteiger partial charge in [0.25, 0.3) is 0 Å². The average Bonchev–Trinajstić information content (AvgIpc) is 2.34. The molecule has 2 N–H and O–H groups in total. The van der Waals surface area contributed by atoms with Crippen LogP contribution in [0.1, 0.15) is 26.7 Å². The quantitative estimate of drug-likeness (QED) is 0.753. The van der Waals surface area contributed by atoms with Crippen LogP contribution in [0, 0.1) is 0 Å². The van der Waals surface area contributed by atoms with Crippen molar-refractivity contribution in [2.24, 2.45) is 0 Å². The third-order valence-electron chi connectivity index (χ3n) is 2.68. The van der Waals surface area contributed by atoms with Crippen molar-refractivity contribution in [3.8, 4) is 0 Å². The van der Waals surface area contributed by atoms with Crippen LogP contribution in [0.15, 0.2) is 29.2 Å². The molecule has 5 nitrogen and oxygen atoms in total. The molecule has 0 fully saturated rings. The molecule has 0 saturated carbocycles. The van der Waals surface area contributed by atoms with Crippen LogP contribution in [-0.4, -0.2) is 33.2 Å². The highest BCUT2D eigenvalue weighted by Crippen LogP contribution is 2.15. The first-order valence-corrected chi connectivity index (χ1v) is 8.51. The molecule has 0 bridgehead atoms. The average molecular weight is 298 g/mol. The molecule has 1 aromatic carbocycles. The Bertz CT molecular complexity index is 553. The van der Waals surface area contributed by atoms with Gasteiger partial charge in [-0.25, -0.2) is 8.42 Å². The zero-order chi connectivity index (χ0) is 15.2. The Hall–Kier alpha value is -1.40. The van der Waals surface area contributed by atoms with Crippen molar-refractivity contribution >= 4 is 21.4 Å². The van der Waals surface area contributed by atoms with Gasteiger partial charge in [-0.3, -0.25) is 4.79 Å². The SMILES string of the molecule is CC(C)NCCCC(=O)Nc1cccc(S(C)(=O)=O)c1. The molecular formula is C14H22N2O3S. The van der Waals surface area contributed by atoms with Crippen molar-refractivity contribution in [3.05, 3.63) is 24.3 Å². The molecule has 6 heteroatoms. The number of nitrogens with one attached hydrogen (secondary N) is 2. The molecule has 1 amide bonds. The van der Waals surface area contributed by atoms with Crippen molar-refractivity contribution in [3.63, 3.8) is 0 Å². The normalized spacial score (nSPS) is 11.6. The summed E-state index contributed by atoms with van der Waals surface area (Å²) in [6.45, 7) is 4.89. The first-order chi connectivity index (χ1) is 9.29. The second-order valence-corrected chi connectivity index (χ2v) is 7.08. The van der Waals surface area contributed by atoms with Gasteiger partial charge in [0.1, 0.15) is 0 Å². The van der Waals surface area contributed by atoms with Gasteiger partial charge in [-0.15, -0.1) is 0 Å². The van der Waals surface area contributed by atoms with E-state index in [1.165, 1.54) is 12.1 Å². The van der Waals surface area contributed by atoms with Crippen LogP contribution in [0.2, 0.25) is 0 Å². The number of hydrogen-bond acceptors (Lipinski definition) is 4. The minimum atomic E-state index is -3.25. The van der Waals surface area contributed by atoms with Crippen molar-refractivity contribution < 1.29 is 13.2 Å².